The number of amides is 1. The van der Waals surface area contributed by atoms with E-state index in [9.17, 15) is 9.59 Å². The van der Waals surface area contributed by atoms with Crippen molar-refractivity contribution in [2.45, 2.75) is 12.8 Å². The Hall–Kier alpha value is -0.900. The quantitative estimate of drug-likeness (QED) is 0.597. The van der Waals surface area contributed by atoms with Crippen molar-refractivity contribution in [1.29, 1.82) is 0 Å². The van der Waals surface area contributed by atoms with Crippen LogP contribution < -0.4 is 0 Å². The van der Waals surface area contributed by atoms with E-state index in [-0.39, 0.29) is 11.7 Å². The molecule has 0 atom stereocenters. The maximum atomic E-state index is 11.5. The molecule has 72 valence electrons. The molecule has 0 N–H and O–H groups in total. The second-order valence-corrected chi connectivity index (χ2v) is 3.71. The van der Waals surface area contributed by atoms with E-state index in [0.29, 0.717) is 45.1 Å². The van der Waals surface area contributed by atoms with Gasteiger partial charge in [0.1, 0.15) is 0 Å². The summed E-state index contributed by atoms with van der Waals surface area (Å²) in [5.74, 6) is 0.681. The van der Waals surface area contributed by atoms with Crippen molar-refractivity contribution >= 4 is 11.7 Å². The molecule has 0 spiro atoms. The number of Topliss-reactive ketones (excluding diaryl/α,β-unsaturated/α-hetero) is 1. The number of rotatable bonds is 2. The van der Waals surface area contributed by atoms with Gasteiger partial charge in [-0.05, 0) is 0 Å². The first-order valence-corrected chi connectivity index (χ1v) is 4.63. The largest absolute Gasteiger partial charge is 0.381 e. The summed E-state index contributed by atoms with van der Waals surface area (Å²) in [6.45, 7) is 2.35. The molecule has 13 heavy (non-hydrogen) atoms. The van der Waals surface area contributed by atoms with Gasteiger partial charge in [0, 0.05) is 25.3 Å². The molecule has 0 saturated carbocycles. The van der Waals surface area contributed by atoms with Crippen LogP contribution in [0.15, 0.2) is 0 Å². The molecule has 1 amide bonds. The van der Waals surface area contributed by atoms with Crippen LogP contribution in [0.25, 0.3) is 0 Å². The summed E-state index contributed by atoms with van der Waals surface area (Å²) in [5, 5.41) is 0. The summed E-state index contributed by atoms with van der Waals surface area (Å²) >= 11 is 0. The predicted octanol–water partition coefficient (Wildman–Crippen LogP) is -0.176. The lowest BCUT2D eigenvalue weighted by Gasteiger charge is -2.27. The maximum Gasteiger partial charge on any atom is 0.223 e. The van der Waals surface area contributed by atoms with Gasteiger partial charge >= 0.3 is 0 Å². The van der Waals surface area contributed by atoms with Gasteiger partial charge in [0.25, 0.3) is 0 Å². The predicted molar refractivity (Wildman–Crippen MR) is 45.1 cm³/mol. The van der Waals surface area contributed by atoms with Crippen LogP contribution in [0.5, 0.6) is 0 Å². The molecule has 4 heteroatoms. The van der Waals surface area contributed by atoms with Gasteiger partial charge in [-0.1, -0.05) is 0 Å². The fraction of sp³-hybridized carbons (Fsp3) is 0.778. The first-order valence-electron chi connectivity index (χ1n) is 4.63. The molecule has 2 saturated heterocycles. The minimum absolute atomic E-state index is 0.110. The lowest BCUT2D eigenvalue weighted by atomic mass is 10.0. The molecule has 2 fully saturated rings. The van der Waals surface area contributed by atoms with E-state index in [0.717, 1.165) is 0 Å². The van der Waals surface area contributed by atoms with Crippen LogP contribution in [0, 0.1) is 5.92 Å². The summed E-state index contributed by atoms with van der Waals surface area (Å²) in [6.07, 6.45) is 1.08. The van der Waals surface area contributed by atoms with E-state index < -0.39 is 0 Å². The van der Waals surface area contributed by atoms with Gasteiger partial charge < -0.3 is 9.64 Å². The Morgan fingerprint density at radius 3 is 2.77 bits per heavy atom. The van der Waals surface area contributed by atoms with Crippen molar-refractivity contribution in [2.24, 2.45) is 5.92 Å². The van der Waals surface area contributed by atoms with E-state index >= 15 is 0 Å². The Bertz CT molecular complexity index is 235. The zero-order chi connectivity index (χ0) is 9.26. The highest BCUT2D eigenvalue weighted by Gasteiger charge is 2.28. The Balaban J connectivity index is 1.79. The Labute approximate surface area is 76.8 Å². The summed E-state index contributed by atoms with van der Waals surface area (Å²) in [6, 6.07) is 0. The van der Waals surface area contributed by atoms with Crippen molar-refractivity contribution in [2.75, 3.05) is 26.3 Å². The average molecular weight is 183 g/mol. The van der Waals surface area contributed by atoms with E-state index in [1.54, 1.807) is 4.90 Å². The third-order valence-electron chi connectivity index (χ3n) is 2.55. The molecule has 0 bridgehead atoms. The highest BCUT2D eigenvalue weighted by Crippen LogP contribution is 2.17. The van der Waals surface area contributed by atoms with Crippen molar-refractivity contribution in [3.8, 4) is 0 Å². The molecule has 2 aliphatic heterocycles. The summed E-state index contributed by atoms with van der Waals surface area (Å²) in [5.41, 5.74) is 0. The zero-order valence-electron chi connectivity index (χ0n) is 7.49. The maximum absolute atomic E-state index is 11.5. The topological polar surface area (TPSA) is 46.6 Å². The Morgan fingerprint density at radius 1 is 1.54 bits per heavy atom. The van der Waals surface area contributed by atoms with Gasteiger partial charge in [0.15, 0.2) is 5.78 Å². The number of nitrogens with zero attached hydrogens (tertiary/aromatic N) is 1. The van der Waals surface area contributed by atoms with Gasteiger partial charge in [-0.3, -0.25) is 9.59 Å². The molecule has 0 unspecified atom stereocenters. The third-order valence-corrected chi connectivity index (χ3v) is 2.55. The highest BCUT2D eigenvalue weighted by molar-refractivity contribution is 5.89. The summed E-state index contributed by atoms with van der Waals surface area (Å²) in [7, 11) is 0. The van der Waals surface area contributed by atoms with Crippen LogP contribution in [0.3, 0.4) is 0 Å². The number of ketones is 1. The molecule has 0 aromatic rings. The molecule has 2 rings (SSSR count). The zero-order valence-corrected chi connectivity index (χ0v) is 7.49. The van der Waals surface area contributed by atoms with Crippen molar-refractivity contribution in [3.63, 3.8) is 0 Å². The lowest BCUT2D eigenvalue weighted by molar-refractivity contribution is -0.136. The minimum Gasteiger partial charge on any atom is -0.381 e. The van der Waals surface area contributed by atoms with Crippen LogP contribution in [0.4, 0.5) is 0 Å². The number of hydrogen-bond acceptors (Lipinski definition) is 3. The summed E-state index contributed by atoms with van der Waals surface area (Å²) in [4.78, 5) is 24.1. The van der Waals surface area contributed by atoms with Crippen molar-refractivity contribution in [1.82, 2.24) is 4.90 Å². The molecule has 2 aliphatic rings. The van der Waals surface area contributed by atoms with Crippen molar-refractivity contribution < 1.29 is 14.3 Å². The van der Waals surface area contributed by atoms with Gasteiger partial charge in [0.2, 0.25) is 5.91 Å². The summed E-state index contributed by atoms with van der Waals surface area (Å²) < 4.78 is 4.98. The second-order valence-electron chi connectivity index (χ2n) is 3.71. The number of ether oxygens (including phenoxy) is 1. The number of carbonyl (C=O) groups is 2. The highest BCUT2D eigenvalue weighted by atomic mass is 16.5. The van der Waals surface area contributed by atoms with E-state index in [4.69, 9.17) is 4.74 Å². The first kappa shape index (κ1) is 8.69. The van der Waals surface area contributed by atoms with Gasteiger partial charge in [-0.15, -0.1) is 0 Å². The minimum atomic E-state index is 0.110. The molecule has 0 aromatic heterocycles. The Kier molecular flexibility index (Phi) is 2.31. The fourth-order valence-corrected chi connectivity index (χ4v) is 1.62. The van der Waals surface area contributed by atoms with Crippen LogP contribution in [0.2, 0.25) is 0 Å². The molecule has 4 nitrogen and oxygen atoms in total. The van der Waals surface area contributed by atoms with Crippen LogP contribution >= 0.6 is 0 Å². The van der Waals surface area contributed by atoms with E-state index in [2.05, 4.69) is 0 Å². The van der Waals surface area contributed by atoms with E-state index in [1.807, 2.05) is 0 Å². The Morgan fingerprint density at radius 2 is 2.31 bits per heavy atom. The second kappa shape index (κ2) is 3.46. The molecule has 0 radical (unpaired) electrons. The number of hydrogen-bond donors (Lipinski definition) is 0. The molecule has 2 heterocycles. The molecule has 0 aromatic carbocycles. The first-order chi connectivity index (χ1) is 6.25. The van der Waals surface area contributed by atoms with E-state index in [1.165, 1.54) is 0 Å². The fourth-order valence-electron chi connectivity index (χ4n) is 1.62. The average Bonchev–Trinajstić information content (AvgIpc) is 2.44. The normalized spacial score (nSPS) is 23.4. The lowest BCUT2D eigenvalue weighted by Crippen LogP contribution is -2.36. The monoisotopic (exact) mass is 183 g/mol. The SMILES string of the molecule is O=C1CCN(C(=O)CC2COC2)C1. The smallest absolute Gasteiger partial charge is 0.223 e. The standard InChI is InChI=1S/C9H13NO3/c11-8-1-2-10(4-8)9(12)3-7-5-13-6-7/h7H,1-6H2. The third kappa shape index (κ3) is 1.88. The molecule has 0 aliphatic carbocycles. The van der Waals surface area contributed by atoms with Crippen molar-refractivity contribution in [3.05, 3.63) is 0 Å². The van der Waals surface area contributed by atoms with Gasteiger partial charge in [-0.2, -0.15) is 0 Å². The molecular weight excluding hydrogens is 170 g/mol. The van der Waals surface area contributed by atoms with Crippen LogP contribution in [0.1, 0.15) is 12.8 Å². The van der Waals surface area contributed by atoms with Gasteiger partial charge in [-0.25, -0.2) is 0 Å². The number of carbonyl (C=O) groups excluding carboxylic acids is 2. The molecular formula is C9H13NO3. The van der Waals surface area contributed by atoms with Crippen LogP contribution in [-0.4, -0.2) is 42.9 Å². The number of likely N-dealkylation sites (tertiary alicyclic amines) is 1. The van der Waals surface area contributed by atoms with Crippen LogP contribution in [-0.2, 0) is 14.3 Å². The van der Waals surface area contributed by atoms with Gasteiger partial charge in [0.05, 0.1) is 19.8 Å².